The second kappa shape index (κ2) is 9.47. The number of hydrogen-bond acceptors (Lipinski definition) is 2. The van der Waals surface area contributed by atoms with E-state index in [0.29, 0.717) is 0 Å². The Hall–Kier alpha value is -0.0800. The Bertz CT molecular complexity index is 103. The molecule has 2 nitrogen and oxygen atoms in total. The summed E-state index contributed by atoms with van der Waals surface area (Å²) in [6, 6.07) is 0. The van der Waals surface area contributed by atoms with Gasteiger partial charge < -0.3 is 9.84 Å². The Labute approximate surface area is 89.7 Å². The molecule has 0 aliphatic carbocycles. The highest BCUT2D eigenvalue weighted by Gasteiger charge is 2.04. The van der Waals surface area contributed by atoms with Crippen LogP contribution in [0.4, 0.5) is 0 Å². The van der Waals surface area contributed by atoms with Gasteiger partial charge in [-0.2, -0.15) is 0 Å². The zero-order valence-electron chi connectivity index (χ0n) is 10.8. The maximum absolute atomic E-state index is 8.78. The van der Waals surface area contributed by atoms with Gasteiger partial charge in [-0.25, -0.2) is 0 Å². The molecule has 1 atom stereocenters. The maximum Gasteiger partial charge on any atom is 0.0594 e. The second-order valence-electron chi connectivity index (χ2n) is 4.66. The maximum atomic E-state index is 8.78. The summed E-state index contributed by atoms with van der Waals surface area (Å²) in [7, 11) is 1.71. The summed E-state index contributed by atoms with van der Waals surface area (Å²) in [6.07, 6.45) is 4.54. The van der Waals surface area contributed by atoms with Gasteiger partial charge in [0.15, 0.2) is 0 Å². The summed E-state index contributed by atoms with van der Waals surface area (Å²) in [6.45, 7) is 10.1. The predicted molar refractivity (Wildman–Crippen MR) is 62.6 cm³/mol. The fourth-order valence-corrected chi connectivity index (χ4v) is 0.690. The van der Waals surface area contributed by atoms with Gasteiger partial charge in [0.1, 0.15) is 0 Å². The van der Waals surface area contributed by atoms with Crippen molar-refractivity contribution in [1.82, 2.24) is 0 Å². The molecule has 0 saturated heterocycles. The van der Waals surface area contributed by atoms with E-state index in [1.165, 1.54) is 19.3 Å². The van der Waals surface area contributed by atoms with Crippen molar-refractivity contribution in [3.8, 4) is 0 Å². The molecule has 0 fully saturated rings. The average molecular weight is 204 g/mol. The highest BCUT2D eigenvalue weighted by atomic mass is 16.5. The first-order valence-electron chi connectivity index (χ1n) is 5.56. The summed E-state index contributed by atoms with van der Waals surface area (Å²) in [5.41, 5.74) is 0.0417. The number of ether oxygens (including phenoxy) is 1. The molecule has 0 spiro atoms. The Balaban J connectivity index is 0. The van der Waals surface area contributed by atoms with Crippen LogP contribution in [-0.4, -0.2) is 23.9 Å². The van der Waals surface area contributed by atoms with Gasteiger partial charge in [-0.05, 0) is 34.1 Å². The third-order valence-corrected chi connectivity index (χ3v) is 1.84. The summed E-state index contributed by atoms with van der Waals surface area (Å²) < 4.78 is 4.94. The first kappa shape index (κ1) is 16.4. The second-order valence-corrected chi connectivity index (χ2v) is 4.66. The van der Waals surface area contributed by atoms with E-state index in [1.54, 1.807) is 7.11 Å². The molecule has 0 aliphatic rings. The normalized spacial score (nSPS) is 13.1. The molecule has 0 amide bonds. The molecule has 1 unspecified atom stereocenters. The minimum Gasteiger partial charge on any atom is -0.393 e. The fraction of sp³-hybridized carbons (Fsp3) is 1.00. The molecular formula is C12H28O2. The highest BCUT2D eigenvalue weighted by Crippen LogP contribution is 2.02. The van der Waals surface area contributed by atoms with Crippen molar-refractivity contribution in [3.05, 3.63) is 0 Å². The van der Waals surface area contributed by atoms with Crippen LogP contribution < -0.4 is 0 Å². The van der Waals surface area contributed by atoms with Crippen molar-refractivity contribution >= 4 is 0 Å². The molecule has 0 saturated carbocycles. The van der Waals surface area contributed by atoms with Gasteiger partial charge in [0.05, 0.1) is 11.7 Å². The third kappa shape index (κ3) is 22.7. The number of aliphatic hydroxyl groups is 1. The standard InChI is InChI=1S/C7H16O.C5H12O/c1-3-4-5-6-7(2)8;1-5(2,3)6-4/h7-8H,3-6H2,1-2H3;1-4H3. The van der Waals surface area contributed by atoms with E-state index in [0.717, 1.165) is 6.42 Å². The van der Waals surface area contributed by atoms with Crippen LogP contribution in [0.1, 0.15) is 60.3 Å². The van der Waals surface area contributed by atoms with E-state index >= 15 is 0 Å². The lowest BCUT2D eigenvalue weighted by atomic mass is 10.1. The van der Waals surface area contributed by atoms with E-state index in [1.807, 2.05) is 27.7 Å². The number of methoxy groups -OCH3 is 1. The van der Waals surface area contributed by atoms with Crippen LogP contribution >= 0.6 is 0 Å². The summed E-state index contributed by atoms with van der Waals surface area (Å²) in [4.78, 5) is 0. The zero-order chi connectivity index (χ0) is 11.6. The highest BCUT2D eigenvalue weighted by molar-refractivity contribution is 4.55. The van der Waals surface area contributed by atoms with E-state index in [2.05, 4.69) is 6.92 Å². The first-order chi connectivity index (χ1) is 6.33. The van der Waals surface area contributed by atoms with Crippen LogP contribution in [0.3, 0.4) is 0 Å². The topological polar surface area (TPSA) is 29.5 Å². The molecule has 0 bridgehead atoms. The molecule has 0 aromatic rings. The number of hydrogen-bond donors (Lipinski definition) is 1. The van der Waals surface area contributed by atoms with Crippen molar-refractivity contribution in [2.75, 3.05) is 7.11 Å². The van der Waals surface area contributed by atoms with E-state index in [-0.39, 0.29) is 11.7 Å². The molecule has 0 rings (SSSR count). The third-order valence-electron chi connectivity index (χ3n) is 1.84. The van der Waals surface area contributed by atoms with Crippen molar-refractivity contribution in [2.24, 2.45) is 0 Å². The Morgan fingerprint density at radius 2 is 1.64 bits per heavy atom. The van der Waals surface area contributed by atoms with Gasteiger partial charge in [0, 0.05) is 7.11 Å². The van der Waals surface area contributed by atoms with Crippen LogP contribution in [-0.2, 0) is 4.74 Å². The zero-order valence-corrected chi connectivity index (χ0v) is 10.8. The lowest BCUT2D eigenvalue weighted by Crippen LogP contribution is -2.15. The average Bonchev–Trinajstić information content (AvgIpc) is 2.04. The van der Waals surface area contributed by atoms with Gasteiger partial charge >= 0.3 is 0 Å². The molecule has 0 aromatic carbocycles. The van der Waals surface area contributed by atoms with Gasteiger partial charge in [-0.3, -0.25) is 0 Å². The number of aliphatic hydroxyl groups excluding tert-OH is 1. The number of unbranched alkanes of at least 4 members (excludes halogenated alkanes) is 2. The largest absolute Gasteiger partial charge is 0.393 e. The van der Waals surface area contributed by atoms with Crippen molar-refractivity contribution in [1.29, 1.82) is 0 Å². The number of rotatable bonds is 4. The lowest BCUT2D eigenvalue weighted by Gasteiger charge is -2.14. The molecule has 0 aromatic heterocycles. The predicted octanol–water partition coefficient (Wildman–Crippen LogP) is 3.38. The molecule has 88 valence electrons. The molecule has 0 aliphatic heterocycles. The minimum atomic E-state index is -0.0958. The SMILES string of the molecule is CCCCCC(C)O.COC(C)(C)C. The van der Waals surface area contributed by atoms with Gasteiger partial charge in [-0.1, -0.05) is 26.2 Å². The lowest BCUT2D eigenvalue weighted by molar-refractivity contribution is 0.0397. The Morgan fingerprint density at radius 3 is 1.86 bits per heavy atom. The summed E-state index contributed by atoms with van der Waals surface area (Å²) in [5, 5.41) is 8.78. The van der Waals surface area contributed by atoms with Gasteiger partial charge in [0.25, 0.3) is 0 Å². The Morgan fingerprint density at radius 1 is 1.21 bits per heavy atom. The summed E-state index contributed by atoms with van der Waals surface area (Å²) >= 11 is 0. The first-order valence-corrected chi connectivity index (χ1v) is 5.56. The fourth-order valence-electron chi connectivity index (χ4n) is 0.690. The van der Waals surface area contributed by atoms with Crippen LogP contribution in [0.25, 0.3) is 0 Å². The van der Waals surface area contributed by atoms with E-state index in [4.69, 9.17) is 9.84 Å². The van der Waals surface area contributed by atoms with Crippen LogP contribution in [0, 0.1) is 0 Å². The molecule has 0 radical (unpaired) electrons. The molecule has 2 heteroatoms. The van der Waals surface area contributed by atoms with E-state index in [9.17, 15) is 0 Å². The van der Waals surface area contributed by atoms with Crippen molar-refractivity contribution < 1.29 is 9.84 Å². The van der Waals surface area contributed by atoms with E-state index < -0.39 is 0 Å². The molecule has 1 N–H and O–H groups in total. The quantitative estimate of drug-likeness (QED) is 0.711. The summed E-state index contributed by atoms with van der Waals surface area (Å²) in [5.74, 6) is 0. The monoisotopic (exact) mass is 204 g/mol. The van der Waals surface area contributed by atoms with Crippen molar-refractivity contribution in [2.45, 2.75) is 72.0 Å². The smallest absolute Gasteiger partial charge is 0.0594 e. The Kier molecular flexibility index (Phi) is 11.1. The van der Waals surface area contributed by atoms with Gasteiger partial charge in [0.2, 0.25) is 0 Å². The van der Waals surface area contributed by atoms with Crippen LogP contribution in [0.2, 0.25) is 0 Å². The molecular weight excluding hydrogens is 176 g/mol. The molecule has 14 heavy (non-hydrogen) atoms. The molecule has 0 heterocycles. The van der Waals surface area contributed by atoms with Gasteiger partial charge in [-0.15, -0.1) is 0 Å². The van der Waals surface area contributed by atoms with Crippen molar-refractivity contribution in [3.63, 3.8) is 0 Å². The van der Waals surface area contributed by atoms with Crippen LogP contribution in [0.5, 0.6) is 0 Å². The van der Waals surface area contributed by atoms with Crippen LogP contribution in [0.15, 0.2) is 0 Å². The minimum absolute atomic E-state index is 0.0417.